The van der Waals surface area contributed by atoms with Gasteiger partial charge < -0.3 is 9.64 Å². The van der Waals surface area contributed by atoms with Crippen molar-refractivity contribution < 1.29 is 17.9 Å². The Balaban J connectivity index is 1.27. The third-order valence-corrected chi connectivity index (χ3v) is 9.40. The number of piperazine rings is 1. The second-order valence-electron chi connectivity index (χ2n) is 9.09. The summed E-state index contributed by atoms with van der Waals surface area (Å²) in [5, 5.41) is 9.42. The molecule has 3 aromatic carbocycles. The van der Waals surface area contributed by atoms with Crippen LogP contribution in [0.4, 0.5) is 0 Å². The first-order chi connectivity index (χ1) is 18.9. The predicted octanol–water partition coefficient (Wildman–Crippen LogP) is 3.88. The van der Waals surface area contributed by atoms with Gasteiger partial charge in [-0.25, -0.2) is 8.42 Å². The Hall–Kier alpha value is -3.67. The normalized spacial score (nSPS) is 14.4. The Morgan fingerprint density at radius 1 is 0.897 bits per heavy atom. The van der Waals surface area contributed by atoms with Crippen molar-refractivity contribution >= 4 is 27.7 Å². The molecule has 0 N–H and O–H groups in total. The molecule has 1 fully saturated rings. The van der Waals surface area contributed by atoms with E-state index in [2.05, 4.69) is 10.2 Å². The molecule has 202 valence electrons. The number of hydrogen-bond acceptors (Lipinski definition) is 7. The van der Waals surface area contributed by atoms with Gasteiger partial charge in [-0.05, 0) is 43.3 Å². The number of aryl methyl sites for hydroxylation is 1. The SMILES string of the molecule is COc1ccc(-n2c(SCC(=O)N3CCN(S(=O)(=O)c4ccc(C)cc4)CC3)nnc2-c2ccccc2)cc1. The predicted molar refractivity (Wildman–Crippen MR) is 151 cm³/mol. The summed E-state index contributed by atoms with van der Waals surface area (Å²) in [7, 11) is -1.97. The molecule has 0 spiro atoms. The molecule has 0 unspecified atom stereocenters. The third-order valence-electron chi connectivity index (χ3n) is 6.57. The van der Waals surface area contributed by atoms with Crippen molar-refractivity contribution in [2.45, 2.75) is 17.0 Å². The standard InChI is InChI=1S/C28H29N5O4S2/c1-21-8-14-25(15-9-21)39(35,36)32-18-16-31(17-19-32)26(34)20-38-28-30-29-27(22-6-4-3-5-7-22)33(28)23-10-12-24(37-2)13-11-23/h3-15H,16-20H2,1-2H3. The number of nitrogens with zero attached hydrogens (tertiary/aromatic N) is 5. The van der Waals surface area contributed by atoms with Crippen molar-refractivity contribution in [1.29, 1.82) is 0 Å². The summed E-state index contributed by atoms with van der Waals surface area (Å²) >= 11 is 1.31. The van der Waals surface area contributed by atoms with E-state index in [1.807, 2.05) is 66.1 Å². The van der Waals surface area contributed by atoms with Gasteiger partial charge in [0.05, 0.1) is 17.8 Å². The van der Waals surface area contributed by atoms with Crippen molar-refractivity contribution in [3.63, 3.8) is 0 Å². The highest BCUT2D eigenvalue weighted by Crippen LogP contribution is 2.29. The van der Waals surface area contributed by atoms with Crippen LogP contribution >= 0.6 is 11.8 Å². The monoisotopic (exact) mass is 563 g/mol. The average molecular weight is 564 g/mol. The fraction of sp³-hybridized carbons (Fsp3) is 0.250. The Morgan fingerprint density at radius 3 is 2.21 bits per heavy atom. The number of sulfonamides is 1. The lowest BCUT2D eigenvalue weighted by Crippen LogP contribution is -2.50. The molecule has 9 nitrogen and oxygen atoms in total. The van der Waals surface area contributed by atoms with Crippen LogP contribution in [0.1, 0.15) is 5.56 Å². The Labute approximate surface area is 232 Å². The zero-order valence-corrected chi connectivity index (χ0v) is 23.4. The fourth-order valence-electron chi connectivity index (χ4n) is 4.36. The van der Waals surface area contributed by atoms with Gasteiger partial charge in [-0.3, -0.25) is 9.36 Å². The number of thioether (sulfide) groups is 1. The minimum atomic E-state index is -3.59. The summed E-state index contributed by atoms with van der Waals surface area (Å²) in [6.07, 6.45) is 0. The first kappa shape index (κ1) is 26.9. The molecule has 4 aromatic rings. The van der Waals surface area contributed by atoms with Gasteiger partial charge in [0.25, 0.3) is 0 Å². The molecule has 5 rings (SSSR count). The molecule has 2 heterocycles. The number of aromatic nitrogens is 3. The molecule has 0 saturated carbocycles. The first-order valence-corrected chi connectivity index (χ1v) is 14.9. The van der Waals surface area contributed by atoms with Crippen molar-refractivity contribution in [1.82, 2.24) is 24.0 Å². The maximum Gasteiger partial charge on any atom is 0.243 e. The second-order valence-corrected chi connectivity index (χ2v) is 12.0. The maximum atomic E-state index is 13.1. The number of amides is 1. The topological polar surface area (TPSA) is 97.6 Å². The van der Waals surface area contributed by atoms with Crippen molar-refractivity contribution in [2.75, 3.05) is 39.0 Å². The van der Waals surface area contributed by atoms with E-state index in [-0.39, 0.29) is 29.6 Å². The first-order valence-electron chi connectivity index (χ1n) is 12.5. The van der Waals surface area contributed by atoms with Gasteiger partial charge in [0.1, 0.15) is 5.75 Å². The van der Waals surface area contributed by atoms with E-state index < -0.39 is 10.0 Å². The van der Waals surface area contributed by atoms with Gasteiger partial charge in [0.15, 0.2) is 11.0 Å². The summed E-state index contributed by atoms with van der Waals surface area (Å²) in [5.74, 6) is 1.50. The Kier molecular flexibility index (Phi) is 8.01. The number of ether oxygens (including phenoxy) is 1. The summed E-state index contributed by atoms with van der Waals surface area (Å²) in [4.78, 5) is 15.1. The summed E-state index contributed by atoms with van der Waals surface area (Å²) in [6, 6.07) is 24.2. The fourth-order valence-corrected chi connectivity index (χ4v) is 6.63. The van der Waals surface area contributed by atoms with E-state index in [9.17, 15) is 13.2 Å². The van der Waals surface area contributed by atoms with Crippen LogP contribution in [-0.2, 0) is 14.8 Å². The van der Waals surface area contributed by atoms with Gasteiger partial charge in [-0.15, -0.1) is 10.2 Å². The van der Waals surface area contributed by atoms with E-state index in [0.29, 0.717) is 24.1 Å². The summed E-state index contributed by atoms with van der Waals surface area (Å²) in [5.41, 5.74) is 2.76. The highest BCUT2D eigenvalue weighted by atomic mass is 32.2. The van der Waals surface area contributed by atoms with Crippen LogP contribution in [0.3, 0.4) is 0 Å². The minimum Gasteiger partial charge on any atom is -0.497 e. The van der Waals surface area contributed by atoms with Crippen molar-refractivity contribution in [2.24, 2.45) is 0 Å². The number of carbonyl (C=O) groups excluding carboxylic acids is 1. The molecule has 0 aliphatic carbocycles. The van der Waals surface area contributed by atoms with E-state index in [1.54, 1.807) is 36.3 Å². The van der Waals surface area contributed by atoms with Gasteiger partial charge in [0, 0.05) is 37.4 Å². The zero-order chi connectivity index (χ0) is 27.4. The number of methoxy groups -OCH3 is 1. The van der Waals surface area contributed by atoms with Gasteiger partial charge >= 0.3 is 0 Å². The lowest BCUT2D eigenvalue weighted by Gasteiger charge is -2.34. The number of carbonyl (C=O) groups is 1. The van der Waals surface area contributed by atoms with Crippen LogP contribution in [0.15, 0.2) is 88.9 Å². The molecule has 0 radical (unpaired) electrons. The van der Waals surface area contributed by atoms with E-state index >= 15 is 0 Å². The lowest BCUT2D eigenvalue weighted by atomic mass is 10.2. The molecule has 39 heavy (non-hydrogen) atoms. The average Bonchev–Trinajstić information content (AvgIpc) is 3.40. The molecule has 1 saturated heterocycles. The van der Waals surface area contributed by atoms with Crippen LogP contribution in [0.2, 0.25) is 0 Å². The van der Waals surface area contributed by atoms with Crippen molar-refractivity contribution in [3.05, 3.63) is 84.4 Å². The van der Waals surface area contributed by atoms with E-state index in [1.165, 1.54) is 16.1 Å². The molecular formula is C28H29N5O4S2. The van der Waals surface area contributed by atoms with Crippen LogP contribution < -0.4 is 4.74 Å². The molecular weight excluding hydrogens is 534 g/mol. The molecule has 0 atom stereocenters. The largest absolute Gasteiger partial charge is 0.497 e. The van der Waals surface area contributed by atoms with E-state index in [0.717, 1.165) is 22.6 Å². The molecule has 11 heteroatoms. The van der Waals surface area contributed by atoms with Gasteiger partial charge in [0.2, 0.25) is 15.9 Å². The highest BCUT2D eigenvalue weighted by Gasteiger charge is 2.30. The van der Waals surface area contributed by atoms with E-state index in [4.69, 9.17) is 4.74 Å². The summed E-state index contributed by atoms with van der Waals surface area (Å²) in [6.45, 7) is 3.11. The van der Waals surface area contributed by atoms with Gasteiger partial charge in [-0.1, -0.05) is 59.8 Å². The molecule has 0 bridgehead atoms. The highest BCUT2D eigenvalue weighted by molar-refractivity contribution is 7.99. The second kappa shape index (κ2) is 11.6. The van der Waals surface area contributed by atoms with Crippen LogP contribution in [0, 0.1) is 6.92 Å². The van der Waals surface area contributed by atoms with Crippen LogP contribution in [0.25, 0.3) is 17.1 Å². The lowest BCUT2D eigenvalue weighted by molar-refractivity contribution is -0.129. The third kappa shape index (κ3) is 5.85. The van der Waals surface area contributed by atoms with Crippen LogP contribution in [-0.4, -0.2) is 77.3 Å². The van der Waals surface area contributed by atoms with Gasteiger partial charge in [-0.2, -0.15) is 4.31 Å². The number of rotatable bonds is 8. The van der Waals surface area contributed by atoms with Crippen molar-refractivity contribution in [3.8, 4) is 22.8 Å². The quantitative estimate of drug-likeness (QED) is 0.300. The molecule has 1 amide bonds. The summed E-state index contributed by atoms with van der Waals surface area (Å²) < 4.78 is 34.7. The Morgan fingerprint density at radius 2 is 1.56 bits per heavy atom. The zero-order valence-electron chi connectivity index (χ0n) is 21.7. The van der Waals surface area contributed by atoms with Crippen LogP contribution in [0.5, 0.6) is 5.75 Å². The maximum absolute atomic E-state index is 13.1. The minimum absolute atomic E-state index is 0.0714. The molecule has 1 aliphatic heterocycles. The molecule has 1 aliphatic rings. The molecule has 1 aromatic heterocycles. The smallest absolute Gasteiger partial charge is 0.243 e. The number of hydrogen-bond donors (Lipinski definition) is 0. The number of benzene rings is 3. The Bertz CT molecular complexity index is 1530.